The van der Waals surface area contributed by atoms with Crippen LogP contribution in [-0.4, -0.2) is 11.8 Å². The number of hydrogen-bond donors (Lipinski definition) is 1. The Morgan fingerprint density at radius 3 is 2.00 bits per heavy atom. The monoisotopic (exact) mass is 754 g/mol. The maximum atomic E-state index is 6.57. The number of nitrogens with one attached hydrogen (secondary N) is 1. The first-order chi connectivity index (χ1) is 29.1. The molecule has 0 fully saturated rings. The highest BCUT2D eigenvalue weighted by atomic mass is 16.3. The van der Waals surface area contributed by atoms with Gasteiger partial charge in [0.15, 0.2) is 7.28 Å². The first-order valence-electron chi connectivity index (χ1n) is 20.6. The van der Waals surface area contributed by atoms with Gasteiger partial charge in [-0.2, -0.15) is 0 Å². The molecule has 0 atom stereocenters. The summed E-state index contributed by atoms with van der Waals surface area (Å²) in [4.78, 5) is 0. The van der Waals surface area contributed by atoms with Crippen LogP contribution in [0.25, 0.3) is 71.3 Å². The number of rotatable bonds is 6. The van der Waals surface area contributed by atoms with E-state index in [4.69, 9.17) is 4.42 Å². The summed E-state index contributed by atoms with van der Waals surface area (Å²) >= 11 is 0. The number of hydrogen-bond acceptors (Lipinski definition) is 2. The van der Waals surface area contributed by atoms with Gasteiger partial charge in [-0.05, 0) is 83.3 Å². The van der Waals surface area contributed by atoms with Gasteiger partial charge in [0.1, 0.15) is 11.2 Å². The molecular weight excluding hydrogens is 715 g/mol. The molecule has 1 N–H and O–H groups in total. The largest absolute Gasteiger partial charge is 0.456 e. The molecule has 9 aromatic carbocycles. The van der Waals surface area contributed by atoms with Crippen LogP contribution in [0.2, 0.25) is 0 Å². The first kappa shape index (κ1) is 33.8. The third-order valence-corrected chi connectivity index (χ3v) is 12.6. The van der Waals surface area contributed by atoms with Gasteiger partial charge in [0.2, 0.25) is 0 Å². The second kappa shape index (κ2) is 13.1. The number of nitrogens with zero attached hydrogens (tertiary/aromatic N) is 1. The molecule has 1 aliphatic rings. The molecule has 59 heavy (non-hydrogen) atoms. The van der Waals surface area contributed by atoms with Gasteiger partial charge in [-0.25, -0.2) is 0 Å². The van der Waals surface area contributed by atoms with Crippen molar-refractivity contribution in [2.45, 2.75) is 19.8 Å². The Bertz CT molecular complexity index is 3410. The number of para-hydroxylation sites is 1. The molecule has 11 aromatic rings. The summed E-state index contributed by atoms with van der Waals surface area (Å²) in [6.07, 6.45) is 0. The quantitative estimate of drug-likeness (QED) is 0.135. The minimum Gasteiger partial charge on any atom is -0.456 e. The van der Waals surface area contributed by atoms with Gasteiger partial charge in [0, 0.05) is 61.4 Å². The third kappa shape index (κ3) is 5.30. The molecule has 3 heterocycles. The normalized spacial score (nSPS) is 12.2. The predicted molar refractivity (Wildman–Crippen MR) is 250 cm³/mol. The van der Waals surface area contributed by atoms with E-state index in [1.165, 1.54) is 82.6 Å². The van der Waals surface area contributed by atoms with Crippen LogP contribution in [0.4, 0.5) is 11.4 Å². The van der Waals surface area contributed by atoms with Crippen LogP contribution in [0.3, 0.4) is 0 Å². The second-order valence-corrected chi connectivity index (χ2v) is 16.3. The summed E-state index contributed by atoms with van der Waals surface area (Å²) in [5.74, 6) is -0.0258. The van der Waals surface area contributed by atoms with Crippen molar-refractivity contribution in [1.82, 2.24) is 4.57 Å². The number of anilines is 2. The highest BCUT2D eigenvalue weighted by molar-refractivity contribution is 6.73. The van der Waals surface area contributed by atoms with E-state index in [0.717, 1.165) is 46.2 Å². The van der Waals surface area contributed by atoms with Crippen molar-refractivity contribution in [3.05, 3.63) is 210 Å². The van der Waals surface area contributed by atoms with E-state index in [-0.39, 0.29) is 5.92 Å². The summed E-state index contributed by atoms with van der Waals surface area (Å²) in [5, 5.41) is 11.2. The smallest absolute Gasteiger partial charge is 0.198 e. The predicted octanol–water partition coefficient (Wildman–Crippen LogP) is 12.7. The molecule has 0 unspecified atom stereocenters. The number of furan rings is 1. The Labute approximate surface area is 343 Å². The standard InChI is InChI=1S/C55H39BN2O/c1-33-21-25-38(26-22-33)57-47-32-50-43(40-19-11-12-20-49(40)59-50)30-42(47)44-31-45(51(36-14-5-3-6-15-36)37-16-7-4-8-17-37)52-41-27-24-35-13-9-10-18-39(35)54(41)58-48-28-23-34(2)29-46(48)56-53(44)55(52)58/h3-32,51,56-57H,1-2H3. The fourth-order valence-corrected chi connectivity index (χ4v) is 9.95. The lowest BCUT2D eigenvalue weighted by molar-refractivity contribution is 0.669. The molecule has 3 nitrogen and oxygen atoms in total. The fourth-order valence-electron chi connectivity index (χ4n) is 9.95. The molecule has 0 spiro atoms. The summed E-state index contributed by atoms with van der Waals surface area (Å²) < 4.78 is 9.18. The van der Waals surface area contributed by atoms with Crippen molar-refractivity contribution in [3.8, 4) is 16.8 Å². The molecule has 0 amide bonds. The highest BCUT2D eigenvalue weighted by Crippen LogP contribution is 2.47. The zero-order valence-electron chi connectivity index (χ0n) is 33.0. The van der Waals surface area contributed by atoms with Crippen molar-refractivity contribution >= 4 is 84.1 Å². The van der Waals surface area contributed by atoms with Crippen LogP contribution in [0, 0.1) is 13.8 Å². The van der Waals surface area contributed by atoms with Crippen LogP contribution < -0.4 is 16.2 Å². The molecule has 0 saturated heterocycles. The topological polar surface area (TPSA) is 30.1 Å². The average Bonchev–Trinajstić information content (AvgIpc) is 3.82. The molecule has 2 aromatic heterocycles. The van der Waals surface area contributed by atoms with Gasteiger partial charge in [-0.1, -0.05) is 156 Å². The van der Waals surface area contributed by atoms with Crippen molar-refractivity contribution < 1.29 is 4.42 Å². The first-order valence-corrected chi connectivity index (χ1v) is 20.6. The van der Waals surface area contributed by atoms with Gasteiger partial charge in [0.25, 0.3) is 0 Å². The maximum Gasteiger partial charge on any atom is 0.198 e. The Morgan fingerprint density at radius 2 is 1.22 bits per heavy atom. The SMILES string of the molecule is Cc1ccc(Nc2cc3oc4ccccc4c3cc2-c2cc(C(c3ccccc3)c3ccccc3)c3c4ccc5ccccc5c4n4c3c2Bc2cc(C)ccc2-4)cc1. The molecule has 4 heteroatoms. The fraction of sp³-hybridized carbons (Fsp3) is 0.0545. The van der Waals surface area contributed by atoms with Crippen LogP contribution in [-0.2, 0) is 0 Å². The Morgan fingerprint density at radius 1 is 0.525 bits per heavy atom. The molecule has 12 rings (SSSR count). The molecule has 0 aliphatic carbocycles. The average molecular weight is 755 g/mol. The third-order valence-electron chi connectivity index (χ3n) is 12.6. The van der Waals surface area contributed by atoms with E-state index < -0.39 is 0 Å². The van der Waals surface area contributed by atoms with Crippen LogP contribution in [0.5, 0.6) is 0 Å². The summed E-state index contributed by atoms with van der Waals surface area (Å²) in [5.41, 5.74) is 19.0. The van der Waals surface area contributed by atoms with Crippen LogP contribution in [0.15, 0.2) is 186 Å². The summed E-state index contributed by atoms with van der Waals surface area (Å²) in [6.45, 7) is 4.35. The van der Waals surface area contributed by atoms with Gasteiger partial charge in [-0.3, -0.25) is 0 Å². The molecule has 0 radical (unpaired) electrons. The Balaban J connectivity index is 1.28. The number of aromatic nitrogens is 1. The number of fused-ring (bicyclic) bond motifs is 10. The minimum atomic E-state index is -0.0258. The lowest BCUT2D eigenvalue weighted by Crippen LogP contribution is -2.37. The minimum absolute atomic E-state index is 0.0258. The lowest BCUT2D eigenvalue weighted by Gasteiger charge is -2.27. The summed E-state index contributed by atoms with van der Waals surface area (Å²) in [6, 6.07) is 67.0. The van der Waals surface area contributed by atoms with E-state index >= 15 is 0 Å². The zero-order chi connectivity index (χ0) is 39.2. The number of benzene rings is 9. The Hall–Kier alpha value is -7.30. The van der Waals surface area contributed by atoms with Gasteiger partial charge >= 0.3 is 0 Å². The van der Waals surface area contributed by atoms with Crippen LogP contribution >= 0.6 is 0 Å². The molecule has 0 saturated carbocycles. The molecule has 1 aliphatic heterocycles. The van der Waals surface area contributed by atoms with E-state index in [2.05, 4.69) is 206 Å². The maximum absolute atomic E-state index is 6.57. The van der Waals surface area contributed by atoms with E-state index in [1.807, 2.05) is 0 Å². The van der Waals surface area contributed by atoms with Gasteiger partial charge < -0.3 is 14.3 Å². The van der Waals surface area contributed by atoms with Crippen molar-refractivity contribution in [3.63, 3.8) is 0 Å². The van der Waals surface area contributed by atoms with Crippen molar-refractivity contribution in [2.24, 2.45) is 0 Å². The summed E-state index contributed by atoms with van der Waals surface area (Å²) in [7, 11) is 0.812. The zero-order valence-corrected chi connectivity index (χ0v) is 33.0. The van der Waals surface area contributed by atoms with Gasteiger partial charge in [-0.15, -0.1) is 0 Å². The number of aryl methyl sites for hydroxylation is 2. The van der Waals surface area contributed by atoms with Crippen LogP contribution in [0.1, 0.15) is 33.7 Å². The van der Waals surface area contributed by atoms with Gasteiger partial charge in [0.05, 0.1) is 11.2 Å². The molecule has 278 valence electrons. The second-order valence-electron chi connectivity index (χ2n) is 16.3. The highest BCUT2D eigenvalue weighted by Gasteiger charge is 2.32. The molecular formula is C55H39BN2O. The van der Waals surface area contributed by atoms with E-state index in [9.17, 15) is 0 Å². The lowest BCUT2D eigenvalue weighted by atomic mass is 9.58. The molecule has 0 bridgehead atoms. The van der Waals surface area contributed by atoms with Crippen molar-refractivity contribution in [1.29, 1.82) is 0 Å². The van der Waals surface area contributed by atoms with E-state index in [0.29, 0.717) is 0 Å². The van der Waals surface area contributed by atoms with Crippen molar-refractivity contribution in [2.75, 3.05) is 5.32 Å². The Kier molecular flexibility index (Phi) is 7.52. The van der Waals surface area contributed by atoms with E-state index in [1.54, 1.807) is 0 Å².